The molecule has 2 heterocycles. The van der Waals surface area contributed by atoms with Crippen LogP contribution in [0.15, 0.2) is 36.5 Å². The van der Waals surface area contributed by atoms with E-state index in [4.69, 9.17) is 0 Å². The average molecular weight is 423 g/mol. The molecule has 2 aromatic heterocycles. The molecule has 27 heavy (non-hydrogen) atoms. The van der Waals surface area contributed by atoms with Crippen molar-refractivity contribution in [1.29, 1.82) is 5.26 Å². The van der Waals surface area contributed by atoms with Crippen LogP contribution in [0.25, 0.3) is 11.0 Å². The molecule has 138 valence electrons. The predicted molar refractivity (Wildman–Crippen MR) is 111 cm³/mol. The number of aryl methyl sites for hydroxylation is 1. The van der Waals surface area contributed by atoms with Crippen LogP contribution in [-0.4, -0.2) is 19.9 Å². The topological polar surface area (TPSA) is 54.5 Å². The maximum Gasteiger partial charge on any atom is 0.234 e. The zero-order valence-corrected chi connectivity index (χ0v) is 17.0. The molecule has 0 unspecified atom stereocenters. The number of halogens is 1. The van der Waals surface area contributed by atoms with E-state index in [1.807, 2.05) is 0 Å². The molecule has 4 nitrogen and oxygen atoms in total. The standard InChI is InChI=1S/C22H23BrN4/c23-12-10-16-6-8-17(9-7-16)14-20-19-11-13-27(18-4-2-1-3-5-18)22(19)26-21(15-24)25-20/h6-9,11,13,18H,1-5,10,12,14H2. The molecule has 0 amide bonds. The Balaban J connectivity index is 1.69. The first kappa shape index (κ1) is 18.2. The maximum atomic E-state index is 9.43. The number of fused-ring (bicyclic) bond motifs is 1. The Morgan fingerprint density at radius 2 is 1.78 bits per heavy atom. The molecule has 0 radical (unpaired) electrons. The number of alkyl halides is 1. The summed E-state index contributed by atoms with van der Waals surface area (Å²) in [6.45, 7) is 0. The molecule has 0 saturated heterocycles. The summed E-state index contributed by atoms with van der Waals surface area (Å²) in [7, 11) is 0. The van der Waals surface area contributed by atoms with Gasteiger partial charge in [0, 0.05) is 29.4 Å². The van der Waals surface area contributed by atoms with Crippen molar-refractivity contribution in [3.63, 3.8) is 0 Å². The summed E-state index contributed by atoms with van der Waals surface area (Å²) in [4.78, 5) is 9.09. The zero-order valence-electron chi connectivity index (χ0n) is 15.4. The van der Waals surface area contributed by atoms with Crippen LogP contribution in [0.3, 0.4) is 0 Å². The van der Waals surface area contributed by atoms with E-state index in [1.54, 1.807) is 0 Å². The Kier molecular flexibility index (Phi) is 5.54. The molecule has 4 rings (SSSR count). The van der Waals surface area contributed by atoms with Gasteiger partial charge in [-0.25, -0.2) is 9.97 Å². The molecule has 1 aromatic carbocycles. The second-order valence-corrected chi connectivity index (χ2v) is 8.08. The van der Waals surface area contributed by atoms with Gasteiger partial charge in [-0.15, -0.1) is 0 Å². The molecule has 1 aliphatic carbocycles. The number of hydrogen-bond donors (Lipinski definition) is 0. The van der Waals surface area contributed by atoms with Gasteiger partial charge in [0.05, 0.1) is 5.69 Å². The first-order chi connectivity index (χ1) is 13.3. The van der Waals surface area contributed by atoms with E-state index in [1.165, 1.54) is 43.2 Å². The van der Waals surface area contributed by atoms with Crippen molar-refractivity contribution >= 4 is 27.0 Å². The fourth-order valence-electron chi connectivity index (χ4n) is 4.06. The highest BCUT2D eigenvalue weighted by atomic mass is 79.9. The summed E-state index contributed by atoms with van der Waals surface area (Å²) in [5.74, 6) is 0.268. The Hall–Kier alpha value is -2.19. The van der Waals surface area contributed by atoms with E-state index >= 15 is 0 Å². The monoisotopic (exact) mass is 422 g/mol. The Morgan fingerprint density at radius 3 is 2.48 bits per heavy atom. The first-order valence-corrected chi connectivity index (χ1v) is 10.8. The number of benzene rings is 1. The van der Waals surface area contributed by atoms with Gasteiger partial charge in [-0.05, 0) is 36.5 Å². The Labute approximate surface area is 168 Å². The van der Waals surface area contributed by atoms with Gasteiger partial charge in [0.25, 0.3) is 0 Å². The lowest BCUT2D eigenvalue weighted by Crippen LogP contribution is -2.13. The minimum absolute atomic E-state index is 0.268. The van der Waals surface area contributed by atoms with E-state index < -0.39 is 0 Å². The van der Waals surface area contributed by atoms with Crippen molar-refractivity contribution in [2.75, 3.05) is 5.33 Å². The molecule has 5 heteroatoms. The van der Waals surface area contributed by atoms with E-state index in [9.17, 15) is 5.26 Å². The molecule has 0 spiro atoms. The number of hydrogen-bond acceptors (Lipinski definition) is 3. The van der Waals surface area contributed by atoms with Crippen molar-refractivity contribution in [1.82, 2.24) is 14.5 Å². The van der Waals surface area contributed by atoms with E-state index in [0.29, 0.717) is 6.04 Å². The highest BCUT2D eigenvalue weighted by Crippen LogP contribution is 2.32. The lowest BCUT2D eigenvalue weighted by Gasteiger charge is -2.23. The fraction of sp³-hybridized carbons (Fsp3) is 0.409. The number of nitriles is 1. The molecule has 0 aliphatic heterocycles. The molecule has 3 aromatic rings. The van der Waals surface area contributed by atoms with Crippen LogP contribution in [0.2, 0.25) is 0 Å². The highest BCUT2D eigenvalue weighted by Gasteiger charge is 2.19. The Morgan fingerprint density at radius 1 is 1.04 bits per heavy atom. The van der Waals surface area contributed by atoms with Crippen molar-refractivity contribution < 1.29 is 0 Å². The largest absolute Gasteiger partial charge is 0.329 e. The van der Waals surface area contributed by atoms with Gasteiger partial charge < -0.3 is 4.57 Å². The minimum atomic E-state index is 0.268. The lowest BCUT2D eigenvalue weighted by atomic mass is 9.95. The smallest absolute Gasteiger partial charge is 0.234 e. The first-order valence-electron chi connectivity index (χ1n) is 9.70. The van der Waals surface area contributed by atoms with Crippen molar-refractivity contribution in [3.8, 4) is 6.07 Å². The Bertz CT molecular complexity index is 962. The molecule has 0 N–H and O–H groups in total. The molecular weight excluding hydrogens is 400 g/mol. The van der Waals surface area contributed by atoms with Crippen LogP contribution < -0.4 is 0 Å². The summed E-state index contributed by atoms with van der Waals surface area (Å²) in [5, 5.41) is 11.5. The van der Waals surface area contributed by atoms with Gasteiger partial charge in [-0.3, -0.25) is 0 Å². The molecule has 0 bridgehead atoms. The van der Waals surface area contributed by atoms with Crippen LogP contribution in [-0.2, 0) is 12.8 Å². The van der Waals surface area contributed by atoms with Gasteiger partial charge in [0.1, 0.15) is 11.7 Å². The van der Waals surface area contributed by atoms with Gasteiger partial charge >= 0.3 is 0 Å². The van der Waals surface area contributed by atoms with Gasteiger partial charge in [-0.2, -0.15) is 5.26 Å². The second kappa shape index (κ2) is 8.22. The van der Waals surface area contributed by atoms with E-state index in [0.717, 1.165) is 34.9 Å². The minimum Gasteiger partial charge on any atom is -0.329 e. The van der Waals surface area contributed by atoms with E-state index in [-0.39, 0.29) is 5.82 Å². The number of rotatable bonds is 5. The predicted octanol–water partition coefficient (Wildman–Crippen LogP) is 5.34. The molecule has 0 atom stereocenters. The van der Waals surface area contributed by atoms with Crippen LogP contribution >= 0.6 is 15.9 Å². The maximum absolute atomic E-state index is 9.43. The summed E-state index contributed by atoms with van der Waals surface area (Å²) in [6.07, 6.45) is 10.1. The number of aromatic nitrogens is 3. The summed E-state index contributed by atoms with van der Waals surface area (Å²) in [5.41, 5.74) is 4.39. The van der Waals surface area contributed by atoms with Crippen LogP contribution in [0.5, 0.6) is 0 Å². The van der Waals surface area contributed by atoms with Crippen molar-refractivity contribution in [3.05, 3.63) is 59.2 Å². The third-order valence-corrected chi connectivity index (χ3v) is 5.89. The SMILES string of the molecule is N#Cc1nc(Cc2ccc(CCBr)cc2)c2ccn(C3CCCCC3)c2n1. The molecule has 1 fully saturated rings. The zero-order chi connectivity index (χ0) is 18.6. The highest BCUT2D eigenvalue weighted by molar-refractivity contribution is 9.09. The summed E-state index contributed by atoms with van der Waals surface area (Å²) < 4.78 is 2.28. The van der Waals surface area contributed by atoms with Crippen molar-refractivity contribution in [2.24, 2.45) is 0 Å². The van der Waals surface area contributed by atoms with Gasteiger partial charge in [-0.1, -0.05) is 59.5 Å². The quantitative estimate of drug-likeness (QED) is 0.521. The second-order valence-electron chi connectivity index (χ2n) is 7.29. The van der Waals surface area contributed by atoms with Crippen LogP contribution in [0.4, 0.5) is 0 Å². The average Bonchev–Trinajstić information content (AvgIpc) is 3.14. The fourth-order valence-corrected chi connectivity index (χ4v) is 4.52. The summed E-state index contributed by atoms with van der Waals surface area (Å²) >= 11 is 3.49. The van der Waals surface area contributed by atoms with E-state index in [2.05, 4.69) is 73.1 Å². The normalized spacial score (nSPS) is 15.1. The molecule has 1 aliphatic rings. The van der Waals surface area contributed by atoms with Crippen LogP contribution in [0, 0.1) is 11.3 Å². The molecule has 1 saturated carbocycles. The lowest BCUT2D eigenvalue weighted by molar-refractivity contribution is 0.359. The third kappa shape index (κ3) is 3.91. The summed E-state index contributed by atoms with van der Waals surface area (Å²) in [6, 6.07) is 13.4. The van der Waals surface area contributed by atoms with Crippen molar-refractivity contribution in [2.45, 2.75) is 51.0 Å². The third-order valence-electron chi connectivity index (χ3n) is 5.50. The van der Waals surface area contributed by atoms with Gasteiger partial charge in [0.2, 0.25) is 5.82 Å². The molecular formula is C22H23BrN4. The van der Waals surface area contributed by atoms with Crippen LogP contribution in [0.1, 0.15) is 60.8 Å². The van der Waals surface area contributed by atoms with Gasteiger partial charge in [0.15, 0.2) is 0 Å². The number of nitrogens with zero attached hydrogens (tertiary/aromatic N) is 4.